The number of rotatable bonds is 3. The van der Waals surface area contributed by atoms with Crippen molar-refractivity contribution in [3.05, 3.63) is 71.1 Å². The molecule has 6 atom stereocenters. The number of allylic oxidation sites excluding steroid dienone is 2. The van der Waals surface area contributed by atoms with E-state index in [9.17, 15) is 28.7 Å². The zero-order valence-electron chi connectivity index (χ0n) is 23.6. The molecule has 0 aromatic heterocycles. The number of carbonyl (C=O) groups excluding carboxylic acids is 4. The number of halogens is 3. The van der Waals surface area contributed by atoms with Crippen molar-refractivity contribution in [1.82, 2.24) is 4.90 Å². The molecule has 0 bridgehead atoms. The number of alkyl halides is 2. The number of imide groups is 2. The second-order valence-electron chi connectivity index (χ2n) is 12.6. The largest absolute Gasteiger partial charge is 0.508 e. The fraction of sp³-hybridized carbons (Fsp3) is 0.455. The lowest BCUT2D eigenvalue weighted by Crippen LogP contribution is -2.60. The Morgan fingerprint density at radius 2 is 1.60 bits per heavy atom. The van der Waals surface area contributed by atoms with Gasteiger partial charge in [-0.3, -0.25) is 24.1 Å². The van der Waals surface area contributed by atoms with Crippen molar-refractivity contribution < 1.29 is 28.7 Å². The van der Waals surface area contributed by atoms with Crippen LogP contribution in [0.1, 0.15) is 62.0 Å². The molecule has 7 rings (SSSR count). The van der Waals surface area contributed by atoms with E-state index in [0.29, 0.717) is 23.1 Å². The highest BCUT2D eigenvalue weighted by molar-refractivity contribution is 6.58. The van der Waals surface area contributed by atoms with Gasteiger partial charge in [0.2, 0.25) is 11.8 Å². The number of amides is 4. The molecule has 0 radical (unpaired) electrons. The van der Waals surface area contributed by atoms with Crippen LogP contribution in [0.2, 0.25) is 0 Å². The summed E-state index contributed by atoms with van der Waals surface area (Å²) < 4.78 is 13.8. The zero-order chi connectivity index (χ0) is 30.4. The van der Waals surface area contributed by atoms with Gasteiger partial charge in [-0.25, -0.2) is 9.29 Å². The van der Waals surface area contributed by atoms with Crippen LogP contribution in [0.15, 0.2) is 54.1 Å². The van der Waals surface area contributed by atoms with E-state index in [2.05, 4.69) is 0 Å². The maximum Gasteiger partial charge on any atom is 0.258 e. The van der Waals surface area contributed by atoms with Gasteiger partial charge in [-0.15, -0.1) is 23.2 Å². The normalized spacial score (nSPS) is 34.3. The molecule has 2 aliphatic heterocycles. The van der Waals surface area contributed by atoms with Crippen molar-refractivity contribution in [2.24, 2.45) is 17.8 Å². The lowest BCUT2D eigenvalue weighted by Gasteiger charge is -2.50. The Balaban J connectivity index is 1.38. The Bertz CT molecular complexity index is 1600. The first kappa shape index (κ1) is 28.5. The predicted octanol–water partition coefficient (Wildman–Crippen LogP) is 5.74. The fourth-order valence-corrected chi connectivity index (χ4v) is 9.29. The zero-order valence-corrected chi connectivity index (χ0v) is 25.1. The summed E-state index contributed by atoms with van der Waals surface area (Å²) in [5, 5.41) is 10.3. The van der Waals surface area contributed by atoms with Crippen molar-refractivity contribution in [1.29, 1.82) is 0 Å². The van der Waals surface area contributed by atoms with E-state index in [-0.39, 0.29) is 35.7 Å². The van der Waals surface area contributed by atoms with Gasteiger partial charge in [0.15, 0.2) is 9.75 Å². The van der Waals surface area contributed by atoms with E-state index in [1.807, 2.05) is 6.08 Å². The monoisotopic (exact) mass is 624 g/mol. The Morgan fingerprint density at radius 1 is 0.907 bits per heavy atom. The highest BCUT2D eigenvalue weighted by Crippen LogP contribution is 2.66. The minimum absolute atomic E-state index is 0.0519. The third-order valence-corrected chi connectivity index (χ3v) is 11.8. The summed E-state index contributed by atoms with van der Waals surface area (Å²) in [6.07, 6.45) is 6.66. The number of carbonyl (C=O) groups is 4. The average molecular weight is 626 g/mol. The minimum Gasteiger partial charge on any atom is -0.508 e. The third-order valence-electron chi connectivity index (χ3n) is 10.4. The summed E-state index contributed by atoms with van der Waals surface area (Å²) in [4.78, 5) is 54.9. The number of phenolic OH excluding ortho intramolecular Hbond substituents is 1. The SMILES string of the molecule is Cc1cc([C@H]2C3=CC[C@@H]4C(=O)N(C5CCCCC5)C(=O)[C@@H]4[C@@H]3C[C@@]3(Cl)C(=O)N(c4ccc(F)cc4)C(=O)[C@@]23Cl)ccc1O. The molecule has 2 heterocycles. The molecule has 3 aliphatic carbocycles. The topological polar surface area (TPSA) is 95.0 Å². The number of aromatic hydroxyl groups is 1. The van der Waals surface area contributed by atoms with E-state index in [1.165, 1.54) is 23.1 Å². The minimum atomic E-state index is -1.99. The van der Waals surface area contributed by atoms with Crippen LogP contribution in [0, 0.1) is 30.5 Å². The van der Waals surface area contributed by atoms with Crippen molar-refractivity contribution in [3.63, 3.8) is 0 Å². The highest BCUT2D eigenvalue weighted by atomic mass is 35.5. The van der Waals surface area contributed by atoms with Crippen molar-refractivity contribution in [3.8, 4) is 5.75 Å². The van der Waals surface area contributed by atoms with Crippen LogP contribution in [-0.4, -0.2) is 49.4 Å². The number of aryl methyl sites for hydroxylation is 1. The molecule has 4 amide bonds. The molecule has 4 fully saturated rings. The van der Waals surface area contributed by atoms with Crippen molar-refractivity contribution >= 4 is 52.5 Å². The lowest BCUT2D eigenvalue weighted by molar-refractivity contribution is -0.143. The van der Waals surface area contributed by atoms with Gasteiger partial charge in [0.1, 0.15) is 11.6 Å². The fourth-order valence-electron chi connectivity index (χ4n) is 8.35. The van der Waals surface area contributed by atoms with E-state index < -0.39 is 51.1 Å². The van der Waals surface area contributed by atoms with Gasteiger partial charge in [-0.1, -0.05) is 43.0 Å². The van der Waals surface area contributed by atoms with Crippen LogP contribution < -0.4 is 4.90 Å². The van der Waals surface area contributed by atoms with Crippen LogP contribution in [0.5, 0.6) is 5.75 Å². The number of anilines is 1. The molecule has 0 spiro atoms. The Morgan fingerprint density at radius 3 is 2.28 bits per heavy atom. The predicted molar refractivity (Wildman–Crippen MR) is 158 cm³/mol. The van der Waals surface area contributed by atoms with Gasteiger partial charge >= 0.3 is 0 Å². The number of phenols is 1. The van der Waals surface area contributed by atoms with E-state index in [1.54, 1.807) is 19.1 Å². The van der Waals surface area contributed by atoms with Gasteiger partial charge in [0.25, 0.3) is 11.8 Å². The van der Waals surface area contributed by atoms with Crippen LogP contribution in [-0.2, 0) is 19.2 Å². The van der Waals surface area contributed by atoms with Crippen molar-refractivity contribution in [2.45, 2.75) is 73.6 Å². The second kappa shape index (κ2) is 9.89. The first-order valence-electron chi connectivity index (χ1n) is 14.9. The number of hydrogen-bond donors (Lipinski definition) is 1. The number of hydrogen-bond acceptors (Lipinski definition) is 5. The molecule has 5 aliphatic rings. The molecule has 2 saturated carbocycles. The first-order valence-corrected chi connectivity index (χ1v) is 15.6. The molecule has 2 saturated heterocycles. The van der Waals surface area contributed by atoms with Crippen LogP contribution >= 0.6 is 23.2 Å². The summed E-state index contributed by atoms with van der Waals surface area (Å²) in [7, 11) is 0. The second-order valence-corrected chi connectivity index (χ2v) is 13.9. The molecular formula is C33H31Cl2FN2O5. The maximum atomic E-state index is 14.4. The highest BCUT2D eigenvalue weighted by Gasteiger charge is 2.76. The summed E-state index contributed by atoms with van der Waals surface area (Å²) >= 11 is 14.7. The lowest BCUT2D eigenvalue weighted by atomic mass is 9.56. The van der Waals surface area contributed by atoms with Gasteiger partial charge in [-0.05, 0) is 80.0 Å². The summed E-state index contributed by atoms with van der Waals surface area (Å²) in [6.45, 7) is 1.72. The van der Waals surface area contributed by atoms with Gasteiger partial charge in [0.05, 0.1) is 17.5 Å². The van der Waals surface area contributed by atoms with E-state index >= 15 is 0 Å². The Labute approximate surface area is 258 Å². The maximum absolute atomic E-state index is 14.4. The molecule has 43 heavy (non-hydrogen) atoms. The third kappa shape index (κ3) is 3.84. The molecule has 2 aromatic carbocycles. The Hall–Kier alpha value is -3.23. The Kier molecular flexibility index (Phi) is 6.57. The summed E-state index contributed by atoms with van der Waals surface area (Å²) in [6, 6.07) is 9.68. The number of fused-ring (bicyclic) bond motifs is 4. The van der Waals surface area contributed by atoms with Crippen LogP contribution in [0.25, 0.3) is 0 Å². The summed E-state index contributed by atoms with van der Waals surface area (Å²) in [5.74, 6) is -5.24. The first-order chi connectivity index (χ1) is 20.5. The summed E-state index contributed by atoms with van der Waals surface area (Å²) in [5.41, 5.74) is 1.94. The number of benzene rings is 2. The van der Waals surface area contributed by atoms with Crippen LogP contribution in [0.3, 0.4) is 0 Å². The molecule has 2 aromatic rings. The molecular weight excluding hydrogens is 594 g/mol. The molecule has 224 valence electrons. The van der Waals surface area contributed by atoms with Gasteiger partial charge in [0, 0.05) is 12.0 Å². The number of nitrogens with zero attached hydrogens (tertiary/aromatic N) is 2. The van der Waals surface area contributed by atoms with E-state index in [4.69, 9.17) is 23.2 Å². The molecule has 10 heteroatoms. The van der Waals surface area contributed by atoms with Crippen LogP contribution in [0.4, 0.5) is 10.1 Å². The quantitative estimate of drug-likeness (QED) is 0.267. The standard InChI is InChI=1S/C33H31Cl2FN2O5/c1-17-15-18(7-14-25(17)39)27-22-12-13-23-26(29(41)37(28(23)40)20-5-3-2-4-6-20)24(22)16-32(34)30(42)38(31(43)33(27,32)35)21-10-8-19(36)9-11-21/h7-12,14-15,20,23-24,26-27,39H,2-6,13,16H2,1H3/t23-,24+,26-,27-,32+,33-/m0/s1. The smallest absolute Gasteiger partial charge is 0.258 e. The molecule has 0 unspecified atom stereocenters. The van der Waals surface area contributed by atoms with Gasteiger partial charge < -0.3 is 5.11 Å². The molecule has 7 nitrogen and oxygen atoms in total. The molecule has 1 N–H and O–H groups in total. The van der Waals surface area contributed by atoms with Gasteiger partial charge in [-0.2, -0.15) is 0 Å². The average Bonchev–Trinajstić information content (AvgIpc) is 3.33. The number of likely N-dealkylation sites (tertiary alicyclic amines) is 1. The van der Waals surface area contributed by atoms with Crippen molar-refractivity contribution in [2.75, 3.05) is 4.90 Å². The van der Waals surface area contributed by atoms with E-state index in [0.717, 1.165) is 49.1 Å².